The maximum Gasteiger partial charge on any atom is 0.181 e. The molecule has 1 aliphatic heterocycles. The molecule has 1 unspecified atom stereocenters. The van der Waals surface area contributed by atoms with Crippen molar-refractivity contribution in [3.8, 4) is 0 Å². The third-order valence-corrected chi connectivity index (χ3v) is 25.4. The van der Waals surface area contributed by atoms with Crippen LogP contribution in [0.5, 0.6) is 0 Å². The molecule has 93 heavy (non-hydrogen) atoms. The van der Waals surface area contributed by atoms with Crippen LogP contribution in [0.1, 0.15) is 223 Å². The van der Waals surface area contributed by atoms with Crippen LogP contribution in [0.2, 0.25) is 5.02 Å². The van der Waals surface area contributed by atoms with Crippen LogP contribution < -0.4 is 0 Å². The Kier molecular flexibility index (Phi) is 28.7. The van der Waals surface area contributed by atoms with E-state index in [1.807, 2.05) is 79.7 Å². The van der Waals surface area contributed by atoms with E-state index in [0.717, 1.165) is 93.1 Å². The average molecular weight is 1380 g/mol. The van der Waals surface area contributed by atoms with E-state index in [-0.39, 0.29) is 102 Å². The van der Waals surface area contributed by atoms with Crippen LogP contribution in [0.25, 0.3) is 0 Å². The van der Waals surface area contributed by atoms with E-state index in [4.69, 9.17) is 16.3 Å². The highest BCUT2D eigenvalue weighted by molar-refractivity contribution is 7.92. The molecule has 0 radical (unpaired) electrons. The molecule has 4 aromatic rings. The lowest BCUT2D eigenvalue weighted by atomic mass is 9.80. The zero-order valence-electron chi connectivity index (χ0n) is 56.7. The molecule has 4 aliphatic carbocycles. The number of ether oxygens (including phenoxy) is 1. The van der Waals surface area contributed by atoms with Gasteiger partial charge >= 0.3 is 0 Å². The number of halogens is 1. The van der Waals surface area contributed by atoms with Crippen LogP contribution in [0.3, 0.4) is 0 Å². The van der Waals surface area contributed by atoms with E-state index in [0.29, 0.717) is 46.8 Å². The standard InChI is InChI=1S/C20H28O4S.C18H25ClO3S.C18H24O4S.C18H26O3S/c1-14(2)20(21)19(13-15-9-11-24-12-10-15)16-3-5-17(6-4-16)25(22,23)18-7-8-18;1-12(2)18(20)15(10-13-6-4-5-7-13)14-8-9-17(16(19)11-14)23(3,21)22;1-12(2)18(20)17(11-13-4-7-15(19)10-13)14-5-8-16(9-6-14)23(3,21)22;1-13(2)18(19)17(12-14-6-4-5-7-14)15-8-10-16(11-9-15)22(3,20)21/h3-6,14-15,18-19H,7-13H2,1-2H3;8-9,11-13,15H,4-7,10H2,1-3H3;5-6,8-9,12-13,17H,4,7,10-11H2,1-3H3;8-11,13-14,17H,4-7,12H2,1-3H3/t19-;15-;13?,17-;17-/m1111/s1. The summed E-state index contributed by atoms with van der Waals surface area (Å²) in [5, 5.41) is 0.00617. The molecular weight excluding hydrogens is 1280 g/mol. The van der Waals surface area contributed by atoms with Gasteiger partial charge in [-0.2, -0.15) is 0 Å². The molecule has 0 N–H and O–H groups in total. The van der Waals surface area contributed by atoms with Gasteiger partial charge in [0.2, 0.25) is 0 Å². The second-order valence-corrected chi connectivity index (χ2v) is 37.0. The molecule has 5 fully saturated rings. The normalized spacial score (nSPS) is 19.1. The van der Waals surface area contributed by atoms with Crippen molar-refractivity contribution in [3.05, 3.63) is 118 Å². The second kappa shape index (κ2) is 34.5. The zero-order valence-corrected chi connectivity index (χ0v) is 60.8. The van der Waals surface area contributed by atoms with E-state index in [1.54, 1.807) is 60.7 Å². The molecule has 0 bridgehead atoms. The molecule has 1 heterocycles. The summed E-state index contributed by atoms with van der Waals surface area (Å²) < 4.78 is 99.8. The van der Waals surface area contributed by atoms with Crippen molar-refractivity contribution >= 4 is 79.9 Å². The molecule has 5 atom stereocenters. The number of rotatable bonds is 25. The van der Waals surface area contributed by atoms with E-state index in [2.05, 4.69) is 0 Å². The third-order valence-electron chi connectivity index (χ3n) is 19.3. The number of carbonyl (C=O) groups is 5. The molecule has 9 rings (SSSR count). The van der Waals surface area contributed by atoms with Gasteiger partial charge in [0.05, 0.1) is 29.9 Å². The summed E-state index contributed by atoms with van der Waals surface area (Å²) in [6.45, 7) is 16.9. The summed E-state index contributed by atoms with van der Waals surface area (Å²) in [6, 6.07) is 25.5. The predicted molar refractivity (Wildman–Crippen MR) is 369 cm³/mol. The van der Waals surface area contributed by atoms with Crippen LogP contribution >= 0.6 is 11.6 Å². The van der Waals surface area contributed by atoms with E-state index < -0.39 is 39.3 Å². The number of carbonyl (C=O) groups excluding carboxylic acids is 5. The van der Waals surface area contributed by atoms with Crippen LogP contribution in [-0.2, 0) is 68.1 Å². The lowest BCUT2D eigenvalue weighted by molar-refractivity contribution is -0.124. The number of hydrogen-bond acceptors (Lipinski definition) is 14. The van der Waals surface area contributed by atoms with Crippen molar-refractivity contribution in [2.75, 3.05) is 32.0 Å². The molecule has 0 amide bonds. The largest absolute Gasteiger partial charge is 0.381 e. The lowest BCUT2D eigenvalue weighted by Gasteiger charge is -2.27. The van der Waals surface area contributed by atoms with E-state index in [1.165, 1.54) is 69.9 Å². The number of benzene rings is 4. The minimum absolute atomic E-state index is 0.000914. The molecule has 19 heteroatoms. The van der Waals surface area contributed by atoms with E-state index in [9.17, 15) is 57.6 Å². The molecule has 0 spiro atoms. The fraction of sp³-hybridized carbons (Fsp3) is 0.608. The Morgan fingerprint density at radius 3 is 1.04 bits per heavy atom. The van der Waals surface area contributed by atoms with Crippen molar-refractivity contribution in [1.82, 2.24) is 0 Å². The van der Waals surface area contributed by atoms with Crippen molar-refractivity contribution < 1.29 is 62.4 Å². The Morgan fingerprint density at radius 2 is 0.742 bits per heavy atom. The van der Waals surface area contributed by atoms with E-state index >= 15 is 0 Å². The summed E-state index contributed by atoms with van der Waals surface area (Å²) in [5.74, 6) is 2.22. The Morgan fingerprint density at radius 1 is 0.419 bits per heavy atom. The highest BCUT2D eigenvalue weighted by Gasteiger charge is 2.38. The summed E-state index contributed by atoms with van der Waals surface area (Å²) in [4.78, 5) is 63.2. The van der Waals surface area contributed by atoms with Crippen molar-refractivity contribution in [2.45, 2.75) is 226 Å². The van der Waals surface area contributed by atoms with Gasteiger partial charge in [-0.3, -0.25) is 24.0 Å². The fourth-order valence-electron chi connectivity index (χ4n) is 13.6. The second-order valence-electron chi connectivity index (χ2n) is 28.3. The van der Waals surface area contributed by atoms with Crippen LogP contribution in [0.4, 0.5) is 0 Å². The highest BCUT2D eigenvalue weighted by atomic mass is 35.5. The van der Waals surface area contributed by atoms with Crippen molar-refractivity contribution in [2.24, 2.45) is 47.3 Å². The quantitative estimate of drug-likeness (QED) is 0.0601. The van der Waals surface area contributed by atoms with Gasteiger partial charge in [0, 0.05) is 92.2 Å². The maximum atomic E-state index is 12.8. The van der Waals surface area contributed by atoms with Crippen LogP contribution in [0.15, 0.2) is 111 Å². The van der Waals surface area contributed by atoms with Gasteiger partial charge < -0.3 is 4.74 Å². The van der Waals surface area contributed by atoms with Crippen LogP contribution in [-0.4, -0.2) is 99.8 Å². The first-order valence-corrected chi connectivity index (χ1v) is 41.3. The highest BCUT2D eigenvalue weighted by Crippen LogP contribution is 2.41. The monoisotopic (exact) mass is 1380 g/mol. The third kappa shape index (κ3) is 23.0. The molecule has 14 nitrogen and oxygen atoms in total. The smallest absolute Gasteiger partial charge is 0.181 e. The molecular formula is C74H103ClO14S4. The molecule has 4 aromatic carbocycles. The topological polar surface area (TPSA) is 231 Å². The molecule has 1 saturated heterocycles. The number of sulfone groups is 4. The average Bonchev–Trinajstić information content (AvgIpc) is 1.75. The summed E-state index contributed by atoms with van der Waals surface area (Å²) in [6.07, 6.45) is 22.1. The van der Waals surface area contributed by atoms with Gasteiger partial charge in [-0.05, 0) is 152 Å². The van der Waals surface area contributed by atoms with Crippen molar-refractivity contribution in [1.29, 1.82) is 0 Å². The number of hydrogen-bond donors (Lipinski definition) is 0. The Bertz CT molecular complexity index is 3630. The first-order valence-electron chi connectivity index (χ1n) is 33.7. The van der Waals surface area contributed by atoms with Gasteiger partial charge in [0.15, 0.2) is 39.3 Å². The minimum Gasteiger partial charge on any atom is -0.381 e. The first kappa shape index (κ1) is 77.3. The minimum atomic E-state index is -3.35. The summed E-state index contributed by atoms with van der Waals surface area (Å²) in [5.41, 5.74) is 3.58. The SMILES string of the molecule is CC(C)C(=O)[C@H](CC1CCC(=O)C1)c1ccc(S(C)(=O)=O)cc1.CC(C)C(=O)[C@H](CC1CCCC1)c1ccc(S(C)(=O)=O)c(Cl)c1.CC(C)C(=O)[C@H](CC1CCCC1)c1ccc(S(C)(=O)=O)cc1.CC(C)C(=O)[C@H](CC1CCOCC1)c1ccc(S(=O)(=O)C2CC2)cc1. The van der Waals surface area contributed by atoms with Gasteiger partial charge in [-0.1, -0.05) is 161 Å². The molecule has 514 valence electrons. The predicted octanol–water partition coefficient (Wildman–Crippen LogP) is 15.5. The summed E-state index contributed by atoms with van der Waals surface area (Å²) >= 11 is 6.17. The maximum absolute atomic E-state index is 12.8. The van der Waals surface area contributed by atoms with Gasteiger partial charge in [-0.25, -0.2) is 33.7 Å². The van der Waals surface area contributed by atoms with Gasteiger partial charge in [-0.15, -0.1) is 0 Å². The summed E-state index contributed by atoms with van der Waals surface area (Å²) in [7, 11) is -13.0. The van der Waals surface area contributed by atoms with Gasteiger partial charge in [0.25, 0.3) is 0 Å². The number of ketones is 5. The zero-order chi connectivity index (χ0) is 68.8. The molecule has 0 aromatic heterocycles. The Balaban J connectivity index is 0.000000197. The van der Waals surface area contributed by atoms with Crippen LogP contribution in [0, 0.1) is 47.3 Å². The lowest BCUT2D eigenvalue weighted by Crippen LogP contribution is -2.24. The van der Waals surface area contributed by atoms with Gasteiger partial charge in [0.1, 0.15) is 28.9 Å². The molecule has 5 aliphatic rings. The number of Topliss-reactive ketones (excluding diaryl/α,β-unsaturated/α-hetero) is 5. The Labute approximate surface area is 562 Å². The first-order chi connectivity index (χ1) is 43.6. The van der Waals surface area contributed by atoms with Crippen molar-refractivity contribution in [3.63, 3.8) is 0 Å². The fourth-order valence-corrected chi connectivity index (χ4v) is 17.8. The molecule has 4 saturated carbocycles. The Hall–Kier alpha value is -4.72.